The minimum absolute atomic E-state index is 0.105. The Kier molecular flexibility index (Phi) is 4.45. The minimum Gasteiger partial charge on any atom is -0.396 e. The lowest BCUT2D eigenvalue weighted by Crippen LogP contribution is -2.52. The quantitative estimate of drug-likeness (QED) is 0.588. The highest BCUT2D eigenvalue weighted by Gasteiger charge is 2.53. The molecule has 1 aliphatic carbocycles. The normalized spacial score (nSPS) is 31.1. The molecular formula is C14H24N2O3. The van der Waals surface area contributed by atoms with Crippen molar-refractivity contribution in [1.82, 2.24) is 10.2 Å². The lowest BCUT2D eigenvalue weighted by atomic mass is 9.75. The van der Waals surface area contributed by atoms with Crippen molar-refractivity contribution in [1.29, 1.82) is 0 Å². The van der Waals surface area contributed by atoms with Gasteiger partial charge in [-0.3, -0.25) is 10.1 Å². The number of rotatable bonds is 5. The molecule has 0 aromatic rings. The van der Waals surface area contributed by atoms with Crippen LogP contribution in [0.5, 0.6) is 0 Å². The summed E-state index contributed by atoms with van der Waals surface area (Å²) in [4.78, 5) is 25.9. The first-order chi connectivity index (χ1) is 9.10. The lowest BCUT2D eigenvalue weighted by Gasteiger charge is -2.40. The maximum absolute atomic E-state index is 12.2. The Hall–Kier alpha value is -1.10. The molecule has 0 aromatic carbocycles. The van der Waals surface area contributed by atoms with E-state index < -0.39 is 5.54 Å². The number of carbonyl (C=O) groups is 2. The number of urea groups is 1. The van der Waals surface area contributed by atoms with Crippen LogP contribution >= 0.6 is 0 Å². The van der Waals surface area contributed by atoms with Gasteiger partial charge in [-0.15, -0.1) is 0 Å². The number of imide groups is 1. The third-order valence-electron chi connectivity index (χ3n) is 4.42. The predicted octanol–water partition coefficient (Wildman–Crippen LogP) is 1.65. The largest absolute Gasteiger partial charge is 0.396 e. The van der Waals surface area contributed by atoms with Gasteiger partial charge in [-0.25, -0.2) is 4.79 Å². The van der Waals surface area contributed by atoms with E-state index in [2.05, 4.69) is 12.2 Å². The fraction of sp³-hybridized carbons (Fsp3) is 0.857. The van der Waals surface area contributed by atoms with Gasteiger partial charge in [-0.1, -0.05) is 19.8 Å². The van der Waals surface area contributed by atoms with Gasteiger partial charge in [0.15, 0.2) is 0 Å². The molecule has 108 valence electrons. The van der Waals surface area contributed by atoms with Crippen LogP contribution in [0.15, 0.2) is 0 Å². The second-order valence-corrected chi connectivity index (χ2v) is 5.93. The van der Waals surface area contributed by atoms with Crippen molar-refractivity contribution in [2.24, 2.45) is 5.92 Å². The van der Waals surface area contributed by atoms with Gasteiger partial charge in [0.05, 0.1) is 0 Å². The summed E-state index contributed by atoms with van der Waals surface area (Å²) in [6.45, 7) is 2.96. The standard InChI is InChI=1S/C14H24N2O3/c1-11-6-5-7-14(10-11)12(18)15-13(19)16(14)8-3-2-4-9-17/h11,17H,2-10H2,1H3,(H,15,18,19). The monoisotopic (exact) mass is 268 g/mol. The molecule has 0 aromatic heterocycles. The molecule has 1 saturated carbocycles. The fourth-order valence-electron chi connectivity index (χ4n) is 3.45. The average molecular weight is 268 g/mol. The minimum atomic E-state index is -0.589. The lowest BCUT2D eigenvalue weighted by molar-refractivity contribution is -0.129. The molecule has 5 nitrogen and oxygen atoms in total. The zero-order valence-electron chi connectivity index (χ0n) is 11.7. The first-order valence-corrected chi connectivity index (χ1v) is 7.34. The van der Waals surface area contributed by atoms with Crippen LogP contribution in [0.2, 0.25) is 0 Å². The molecule has 19 heavy (non-hydrogen) atoms. The average Bonchev–Trinajstić information content (AvgIpc) is 2.58. The van der Waals surface area contributed by atoms with Crippen molar-refractivity contribution >= 4 is 11.9 Å². The highest BCUT2D eigenvalue weighted by Crippen LogP contribution is 2.39. The zero-order chi connectivity index (χ0) is 13.9. The Morgan fingerprint density at radius 2 is 2.16 bits per heavy atom. The Morgan fingerprint density at radius 3 is 2.84 bits per heavy atom. The van der Waals surface area contributed by atoms with E-state index >= 15 is 0 Å². The van der Waals surface area contributed by atoms with E-state index in [9.17, 15) is 9.59 Å². The molecule has 1 heterocycles. The Labute approximate surface area is 114 Å². The molecule has 1 spiro atoms. The van der Waals surface area contributed by atoms with Crippen LogP contribution in [0.3, 0.4) is 0 Å². The van der Waals surface area contributed by atoms with Crippen molar-refractivity contribution in [2.75, 3.05) is 13.2 Å². The molecule has 5 heteroatoms. The number of aliphatic hydroxyl groups excluding tert-OH is 1. The summed E-state index contributed by atoms with van der Waals surface area (Å²) in [6.07, 6.45) is 6.21. The summed E-state index contributed by atoms with van der Waals surface area (Å²) >= 11 is 0. The Balaban J connectivity index is 2.05. The molecule has 1 saturated heterocycles. The van der Waals surface area contributed by atoms with Crippen molar-refractivity contribution < 1.29 is 14.7 Å². The van der Waals surface area contributed by atoms with Crippen LogP contribution < -0.4 is 5.32 Å². The topological polar surface area (TPSA) is 69.6 Å². The van der Waals surface area contributed by atoms with Gasteiger partial charge in [0.1, 0.15) is 5.54 Å². The summed E-state index contributed by atoms with van der Waals surface area (Å²) in [5.74, 6) is 0.386. The Morgan fingerprint density at radius 1 is 1.37 bits per heavy atom. The molecule has 3 amide bonds. The molecule has 2 fully saturated rings. The number of aliphatic hydroxyl groups is 1. The van der Waals surface area contributed by atoms with Crippen molar-refractivity contribution in [3.63, 3.8) is 0 Å². The number of nitrogens with zero attached hydrogens (tertiary/aromatic N) is 1. The molecule has 0 bridgehead atoms. The molecular weight excluding hydrogens is 244 g/mol. The third-order valence-corrected chi connectivity index (χ3v) is 4.42. The van der Waals surface area contributed by atoms with Crippen LogP contribution in [-0.2, 0) is 4.79 Å². The van der Waals surface area contributed by atoms with Gasteiger partial charge < -0.3 is 10.0 Å². The molecule has 2 unspecified atom stereocenters. The van der Waals surface area contributed by atoms with Gasteiger partial charge in [0.25, 0.3) is 5.91 Å². The number of amides is 3. The first kappa shape index (κ1) is 14.3. The molecule has 2 aliphatic rings. The molecule has 1 aliphatic heterocycles. The second-order valence-electron chi connectivity index (χ2n) is 5.93. The number of unbranched alkanes of at least 4 members (excludes halogenated alkanes) is 2. The van der Waals surface area contributed by atoms with Gasteiger partial charge >= 0.3 is 6.03 Å². The summed E-state index contributed by atoms with van der Waals surface area (Å²) in [5.41, 5.74) is -0.589. The van der Waals surface area contributed by atoms with Crippen LogP contribution in [-0.4, -0.2) is 40.6 Å². The van der Waals surface area contributed by atoms with Gasteiger partial charge in [-0.2, -0.15) is 0 Å². The highest BCUT2D eigenvalue weighted by atomic mass is 16.3. The zero-order valence-corrected chi connectivity index (χ0v) is 11.7. The molecule has 2 rings (SSSR count). The van der Waals surface area contributed by atoms with Crippen LogP contribution in [0.1, 0.15) is 51.9 Å². The SMILES string of the molecule is CC1CCCC2(C1)C(=O)NC(=O)N2CCCCCO. The first-order valence-electron chi connectivity index (χ1n) is 7.34. The maximum atomic E-state index is 12.2. The van der Waals surface area contributed by atoms with Crippen molar-refractivity contribution in [3.8, 4) is 0 Å². The number of hydrogen-bond donors (Lipinski definition) is 2. The van der Waals surface area contributed by atoms with Crippen LogP contribution in [0, 0.1) is 5.92 Å². The number of hydrogen-bond acceptors (Lipinski definition) is 3. The van der Waals surface area contributed by atoms with E-state index in [1.807, 2.05) is 0 Å². The molecule has 0 radical (unpaired) electrons. The fourth-order valence-corrected chi connectivity index (χ4v) is 3.45. The summed E-state index contributed by atoms with van der Waals surface area (Å²) in [5, 5.41) is 11.3. The number of carbonyl (C=O) groups excluding carboxylic acids is 2. The van der Waals surface area contributed by atoms with E-state index in [0.29, 0.717) is 12.5 Å². The second kappa shape index (κ2) is 5.90. The molecule has 2 atom stereocenters. The van der Waals surface area contributed by atoms with Crippen LogP contribution in [0.4, 0.5) is 4.79 Å². The third kappa shape index (κ3) is 2.76. The van der Waals surface area contributed by atoms with Gasteiger partial charge in [-0.05, 0) is 38.0 Å². The summed E-state index contributed by atoms with van der Waals surface area (Å²) in [7, 11) is 0. The number of nitrogens with one attached hydrogen (secondary N) is 1. The Bertz CT molecular complexity index is 359. The van der Waals surface area contributed by atoms with E-state index in [4.69, 9.17) is 5.11 Å². The van der Waals surface area contributed by atoms with E-state index in [1.54, 1.807) is 4.90 Å². The van der Waals surface area contributed by atoms with E-state index in [1.165, 1.54) is 0 Å². The maximum Gasteiger partial charge on any atom is 0.325 e. The van der Waals surface area contributed by atoms with E-state index in [-0.39, 0.29) is 18.5 Å². The van der Waals surface area contributed by atoms with Crippen molar-refractivity contribution in [3.05, 3.63) is 0 Å². The smallest absolute Gasteiger partial charge is 0.325 e. The van der Waals surface area contributed by atoms with Crippen LogP contribution in [0.25, 0.3) is 0 Å². The van der Waals surface area contributed by atoms with Gasteiger partial charge in [0.2, 0.25) is 0 Å². The molecule has 2 N–H and O–H groups in total. The summed E-state index contributed by atoms with van der Waals surface area (Å²) < 4.78 is 0. The van der Waals surface area contributed by atoms with Crippen molar-refractivity contribution in [2.45, 2.75) is 57.4 Å². The predicted molar refractivity (Wildman–Crippen MR) is 71.5 cm³/mol. The van der Waals surface area contributed by atoms with Gasteiger partial charge in [0, 0.05) is 13.2 Å². The van der Waals surface area contributed by atoms with E-state index in [0.717, 1.165) is 44.9 Å². The highest BCUT2D eigenvalue weighted by molar-refractivity contribution is 6.07. The summed E-state index contributed by atoms with van der Waals surface area (Å²) in [6, 6.07) is -0.233.